The number of nitrogens with one attached hydrogen (secondary N) is 2. The molecular formula is C38H33FN6O4S. The number of H-pyrrole nitrogens is 1. The molecule has 6 heterocycles. The molecule has 1 fully saturated rings. The number of methoxy groups -OCH3 is 1. The highest BCUT2D eigenvalue weighted by Gasteiger charge is 2.52. The van der Waals surface area contributed by atoms with Gasteiger partial charge in [-0.2, -0.15) is 0 Å². The second kappa shape index (κ2) is 11.6. The Bertz CT molecular complexity index is 2380. The number of pyridine rings is 2. The molecule has 12 heteroatoms. The van der Waals surface area contributed by atoms with Crippen molar-refractivity contribution in [3.05, 3.63) is 111 Å². The molecule has 1 aliphatic carbocycles. The number of aryl methyl sites for hydroxylation is 2. The van der Waals surface area contributed by atoms with E-state index >= 15 is 0 Å². The molecule has 2 N–H and O–H groups in total. The van der Waals surface area contributed by atoms with Crippen LogP contribution in [-0.4, -0.2) is 44.6 Å². The van der Waals surface area contributed by atoms with Gasteiger partial charge in [0.25, 0.3) is 11.8 Å². The number of hydrogen-bond acceptors (Lipinski definition) is 9. The number of halogens is 1. The Labute approximate surface area is 290 Å². The summed E-state index contributed by atoms with van der Waals surface area (Å²) < 4.78 is 26.0. The van der Waals surface area contributed by atoms with Crippen molar-refractivity contribution in [1.82, 2.24) is 25.1 Å². The topological polar surface area (TPSA) is 126 Å². The summed E-state index contributed by atoms with van der Waals surface area (Å²) in [4.78, 5) is 39.5. The minimum absolute atomic E-state index is 0.0644. The average Bonchev–Trinajstić information content (AvgIpc) is 3.95. The van der Waals surface area contributed by atoms with Crippen molar-refractivity contribution in [2.24, 2.45) is 0 Å². The number of nitrogens with zero attached hydrogens (tertiary/aromatic N) is 4. The number of amides is 1. The molecule has 3 aliphatic rings. The minimum atomic E-state index is -0.699. The maximum atomic E-state index is 14.4. The fraction of sp³-hybridized carbons (Fsp3) is 0.289. The molecule has 9 rings (SSSR count). The molecule has 0 saturated carbocycles. The lowest BCUT2D eigenvalue weighted by Gasteiger charge is -2.27. The molecule has 1 saturated heterocycles. The van der Waals surface area contributed by atoms with Crippen molar-refractivity contribution in [1.29, 1.82) is 0 Å². The lowest BCUT2D eigenvalue weighted by Crippen LogP contribution is -2.35. The third-order valence-corrected chi connectivity index (χ3v) is 11.7. The SMILES string of the molecule is COc1cccc2c1CC[C@H]2Nc1nccc2cc(-c3c4c(nc(CCc5ccc(F)cc5)c3-c3n[nH]c(=O)o3)C3(C)CCCN3C4=O)sc12. The largest absolute Gasteiger partial charge is 0.496 e. The van der Waals surface area contributed by atoms with E-state index in [2.05, 4.69) is 34.6 Å². The zero-order valence-corrected chi connectivity index (χ0v) is 28.3. The Kier molecular flexibility index (Phi) is 7.13. The van der Waals surface area contributed by atoms with Crippen LogP contribution in [0.25, 0.3) is 32.0 Å². The molecule has 2 aliphatic heterocycles. The van der Waals surface area contributed by atoms with E-state index in [-0.39, 0.29) is 23.7 Å². The van der Waals surface area contributed by atoms with Gasteiger partial charge in [0.1, 0.15) is 17.4 Å². The van der Waals surface area contributed by atoms with Crippen LogP contribution in [0.4, 0.5) is 10.2 Å². The van der Waals surface area contributed by atoms with Gasteiger partial charge in [0, 0.05) is 23.2 Å². The highest BCUT2D eigenvalue weighted by molar-refractivity contribution is 7.23. The van der Waals surface area contributed by atoms with E-state index in [0.29, 0.717) is 41.8 Å². The van der Waals surface area contributed by atoms with Crippen molar-refractivity contribution in [2.45, 2.75) is 57.0 Å². The number of aromatic amines is 1. The van der Waals surface area contributed by atoms with Gasteiger partial charge in [-0.25, -0.2) is 19.3 Å². The van der Waals surface area contributed by atoms with Gasteiger partial charge in [-0.15, -0.1) is 16.4 Å². The van der Waals surface area contributed by atoms with Crippen LogP contribution >= 0.6 is 11.3 Å². The Balaban J connectivity index is 1.22. The second-order valence-electron chi connectivity index (χ2n) is 13.4. The zero-order valence-electron chi connectivity index (χ0n) is 27.5. The Morgan fingerprint density at radius 1 is 1.12 bits per heavy atom. The number of fused-ring (bicyclic) bond motifs is 5. The van der Waals surface area contributed by atoms with E-state index in [1.165, 1.54) is 34.6 Å². The molecule has 0 bridgehead atoms. The number of carbonyl (C=O) groups is 1. The fourth-order valence-corrected chi connectivity index (χ4v) is 9.29. The fourth-order valence-electron chi connectivity index (χ4n) is 8.13. The highest BCUT2D eigenvalue weighted by Crippen LogP contribution is 2.53. The van der Waals surface area contributed by atoms with Crippen LogP contribution in [0.5, 0.6) is 5.75 Å². The van der Waals surface area contributed by atoms with Crippen LogP contribution in [0.15, 0.2) is 70.0 Å². The van der Waals surface area contributed by atoms with Gasteiger partial charge in [0.05, 0.1) is 45.9 Å². The van der Waals surface area contributed by atoms with E-state index in [0.717, 1.165) is 63.5 Å². The van der Waals surface area contributed by atoms with E-state index in [4.69, 9.17) is 19.1 Å². The molecule has 2 aromatic carbocycles. The molecule has 2 atom stereocenters. The van der Waals surface area contributed by atoms with E-state index in [1.807, 2.05) is 23.1 Å². The molecular weight excluding hydrogens is 656 g/mol. The van der Waals surface area contributed by atoms with Crippen molar-refractivity contribution in [3.8, 4) is 27.6 Å². The van der Waals surface area contributed by atoms with Crippen LogP contribution in [-0.2, 0) is 24.8 Å². The quantitative estimate of drug-likeness (QED) is 0.172. The van der Waals surface area contributed by atoms with E-state index in [1.54, 1.807) is 25.4 Å². The van der Waals surface area contributed by atoms with Crippen LogP contribution < -0.4 is 15.8 Å². The molecule has 0 radical (unpaired) electrons. The number of rotatable bonds is 8. The molecule has 4 aromatic heterocycles. The third-order valence-electron chi connectivity index (χ3n) is 10.5. The first kappa shape index (κ1) is 30.7. The van der Waals surface area contributed by atoms with Crippen LogP contribution in [0.1, 0.15) is 70.7 Å². The Morgan fingerprint density at radius 3 is 2.78 bits per heavy atom. The van der Waals surface area contributed by atoms with Gasteiger partial charge < -0.3 is 19.4 Å². The summed E-state index contributed by atoms with van der Waals surface area (Å²) in [6, 6.07) is 16.7. The monoisotopic (exact) mass is 688 g/mol. The molecule has 10 nitrogen and oxygen atoms in total. The standard InChI is InChI=1S/C38H33FN6O4S/c1-38-16-4-18-45(38)36(46)31-30(29(35-43-44-37(47)49-35)26(41-33(31)38)13-9-20-7-10-22(39)11-8-20)28-19-21-15-17-40-34(32(21)50-28)42-25-14-12-24-23(25)5-3-6-27(24)48-2/h3,5-8,10-11,15,17,19,25H,4,9,12-14,16,18H2,1-2H3,(H,40,42)(H,44,47)/t25-,38?/m1/s1. The van der Waals surface area contributed by atoms with Gasteiger partial charge in [0.15, 0.2) is 0 Å². The molecule has 0 spiro atoms. The zero-order chi connectivity index (χ0) is 34.1. The predicted octanol–water partition coefficient (Wildman–Crippen LogP) is 7.20. The first-order valence-corrected chi connectivity index (χ1v) is 17.6. The predicted molar refractivity (Wildman–Crippen MR) is 188 cm³/mol. The maximum Gasteiger partial charge on any atom is 0.434 e. The first-order chi connectivity index (χ1) is 24.3. The van der Waals surface area contributed by atoms with Crippen molar-refractivity contribution in [2.75, 3.05) is 19.0 Å². The van der Waals surface area contributed by atoms with Crippen molar-refractivity contribution < 1.29 is 18.3 Å². The van der Waals surface area contributed by atoms with Gasteiger partial charge in [-0.3, -0.25) is 9.78 Å². The number of ether oxygens (including phenoxy) is 1. The maximum absolute atomic E-state index is 14.4. The van der Waals surface area contributed by atoms with Crippen LogP contribution in [0, 0.1) is 5.82 Å². The highest BCUT2D eigenvalue weighted by atomic mass is 32.1. The van der Waals surface area contributed by atoms with Gasteiger partial charge in [0.2, 0.25) is 0 Å². The summed E-state index contributed by atoms with van der Waals surface area (Å²) in [5, 5.41) is 11.4. The number of aromatic nitrogens is 4. The molecule has 50 heavy (non-hydrogen) atoms. The summed E-state index contributed by atoms with van der Waals surface area (Å²) in [7, 11) is 1.70. The molecule has 252 valence electrons. The summed E-state index contributed by atoms with van der Waals surface area (Å²) in [5.74, 6) is 0.642. The van der Waals surface area contributed by atoms with Gasteiger partial charge in [-0.05, 0) is 97.9 Å². The first-order valence-electron chi connectivity index (χ1n) is 16.8. The number of benzene rings is 2. The van der Waals surface area contributed by atoms with Crippen LogP contribution in [0.2, 0.25) is 0 Å². The minimum Gasteiger partial charge on any atom is -0.496 e. The second-order valence-corrected chi connectivity index (χ2v) is 14.4. The lowest BCUT2D eigenvalue weighted by atomic mass is 9.88. The smallest absolute Gasteiger partial charge is 0.434 e. The van der Waals surface area contributed by atoms with Gasteiger partial charge >= 0.3 is 5.76 Å². The summed E-state index contributed by atoms with van der Waals surface area (Å²) >= 11 is 1.54. The Hall–Kier alpha value is -5.36. The normalized spacial score (nSPS) is 19.2. The van der Waals surface area contributed by atoms with E-state index < -0.39 is 11.3 Å². The van der Waals surface area contributed by atoms with Crippen molar-refractivity contribution >= 4 is 33.1 Å². The number of hydrogen-bond donors (Lipinski definition) is 2. The summed E-state index contributed by atoms with van der Waals surface area (Å²) in [6.45, 7) is 2.73. The summed E-state index contributed by atoms with van der Waals surface area (Å²) in [6.07, 6.45) is 6.30. The Morgan fingerprint density at radius 2 is 1.98 bits per heavy atom. The molecule has 1 amide bonds. The third kappa shape index (κ3) is 4.76. The summed E-state index contributed by atoms with van der Waals surface area (Å²) in [5.41, 5.74) is 5.86. The number of anilines is 1. The number of carbonyl (C=O) groups excluding carboxylic acids is 1. The molecule has 6 aromatic rings. The average molecular weight is 689 g/mol. The molecule has 1 unspecified atom stereocenters. The van der Waals surface area contributed by atoms with E-state index in [9.17, 15) is 14.0 Å². The van der Waals surface area contributed by atoms with Gasteiger partial charge in [-0.1, -0.05) is 24.3 Å². The van der Waals surface area contributed by atoms with Crippen LogP contribution in [0.3, 0.4) is 0 Å². The number of thiophene rings is 1. The van der Waals surface area contributed by atoms with Crippen molar-refractivity contribution in [3.63, 3.8) is 0 Å². The lowest BCUT2D eigenvalue weighted by molar-refractivity contribution is 0.0684.